The first-order chi connectivity index (χ1) is 6.24. The Hall–Kier alpha value is -0.610. The molecular formula is C9H16O4. The summed E-state index contributed by atoms with van der Waals surface area (Å²) < 4.78 is 10.6. The number of rotatable bonds is 5. The van der Waals surface area contributed by atoms with Crippen LogP contribution in [0.2, 0.25) is 0 Å². The number of hydrogen-bond donors (Lipinski definition) is 1. The first-order valence-electron chi connectivity index (χ1n) is 4.69. The van der Waals surface area contributed by atoms with E-state index < -0.39 is 5.97 Å². The van der Waals surface area contributed by atoms with Crippen LogP contribution >= 0.6 is 0 Å². The van der Waals surface area contributed by atoms with E-state index in [1.54, 1.807) is 0 Å². The molecule has 0 aromatic heterocycles. The van der Waals surface area contributed by atoms with Gasteiger partial charge in [-0.05, 0) is 6.42 Å². The molecule has 13 heavy (non-hydrogen) atoms. The smallest absolute Gasteiger partial charge is 0.303 e. The summed E-state index contributed by atoms with van der Waals surface area (Å²) in [5, 5.41) is 8.66. The van der Waals surface area contributed by atoms with E-state index in [9.17, 15) is 4.79 Å². The van der Waals surface area contributed by atoms with Gasteiger partial charge in [0.25, 0.3) is 0 Å². The van der Waals surface area contributed by atoms with Crippen molar-refractivity contribution >= 4 is 5.97 Å². The molecule has 4 nitrogen and oxygen atoms in total. The molecule has 1 fully saturated rings. The number of aliphatic carboxylic acids is 1. The first-order valence-corrected chi connectivity index (χ1v) is 4.69. The van der Waals surface area contributed by atoms with Gasteiger partial charge in [0.05, 0.1) is 19.6 Å². The summed E-state index contributed by atoms with van der Waals surface area (Å²) in [6, 6.07) is 0. The van der Waals surface area contributed by atoms with E-state index in [0.29, 0.717) is 13.2 Å². The molecule has 0 radical (unpaired) electrons. The Morgan fingerprint density at radius 1 is 1.54 bits per heavy atom. The Labute approximate surface area is 77.8 Å². The molecule has 0 spiro atoms. The maximum Gasteiger partial charge on any atom is 0.303 e. The van der Waals surface area contributed by atoms with Gasteiger partial charge >= 0.3 is 5.97 Å². The molecule has 1 atom stereocenters. The third-order valence-corrected chi connectivity index (χ3v) is 2.13. The van der Waals surface area contributed by atoms with Crippen molar-refractivity contribution in [1.82, 2.24) is 0 Å². The van der Waals surface area contributed by atoms with Crippen LogP contribution in [-0.2, 0) is 14.3 Å². The minimum absolute atomic E-state index is 0.00463. The Bertz CT molecular complexity index is 163. The zero-order valence-electron chi connectivity index (χ0n) is 7.86. The summed E-state index contributed by atoms with van der Waals surface area (Å²) in [5.41, 5.74) is 0. The molecule has 0 aromatic carbocycles. The number of carboxylic acid groups (broad SMARTS) is 1. The van der Waals surface area contributed by atoms with Crippen LogP contribution in [-0.4, -0.2) is 30.6 Å². The quantitative estimate of drug-likeness (QED) is 0.705. The molecule has 0 saturated carbocycles. The summed E-state index contributed by atoms with van der Waals surface area (Å²) in [5.74, 6) is -0.775. The van der Waals surface area contributed by atoms with Crippen LogP contribution in [0.25, 0.3) is 0 Å². The Kier molecular flexibility index (Phi) is 4.18. The second-order valence-electron chi connectivity index (χ2n) is 3.26. The molecule has 0 bridgehead atoms. The van der Waals surface area contributed by atoms with Crippen LogP contribution in [0.15, 0.2) is 0 Å². The molecule has 0 aromatic rings. The highest BCUT2D eigenvalue weighted by Gasteiger charge is 2.27. The van der Waals surface area contributed by atoms with Crippen LogP contribution in [0.3, 0.4) is 0 Å². The van der Waals surface area contributed by atoms with Crippen molar-refractivity contribution in [2.24, 2.45) is 5.92 Å². The maximum atomic E-state index is 10.5. The molecule has 1 saturated heterocycles. The van der Waals surface area contributed by atoms with Gasteiger partial charge in [0.1, 0.15) is 0 Å². The predicted molar refractivity (Wildman–Crippen MR) is 46.3 cm³/mol. The Morgan fingerprint density at radius 2 is 2.15 bits per heavy atom. The fourth-order valence-corrected chi connectivity index (χ4v) is 1.58. The van der Waals surface area contributed by atoms with E-state index in [4.69, 9.17) is 14.6 Å². The molecular weight excluding hydrogens is 172 g/mol. The number of carboxylic acids is 1. The summed E-state index contributed by atoms with van der Waals surface area (Å²) in [6.45, 7) is 3.21. The van der Waals surface area contributed by atoms with Gasteiger partial charge in [0.2, 0.25) is 0 Å². The van der Waals surface area contributed by atoms with Gasteiger partial charge < -0.3 is 14.6 Å². The second-order valence-corrected chi connectivity index (χ2v) is 3.26. The highest BCUT2D eigenvalue weighted by Crippen LogP contribution is 2.22. The fraction of sp³-hybridized carbons (Fsp3) is 0.889. The average molecular weight is 188 g/mol. The van der Waals surface area contributed by atoms with Crippen molar-refractivity contribution in [3.05, 3.63) is 0 Å². The van der Waals surface area contributed by atoms with Gasteiger partial charge in [-0.25, -0.2) is 0 Å². The lowest BCUT2D eigenvalue weighted by molar-refractivity contribution is -0.144. The molecule has 1 rings (SSSR count). The van der Waals surface area contributed by atoms with Gasteiger partial charge in [-0.15, -0.1) is 0 Å². The lowest BCUT2D eigenvalue weighted by Gasteiger charge is -2.19. The monoisotopic (exact) mass is 188 g/mol. The van der Waals surface area contributed by atoms with E-state index in [0.717, 1.165) is 12.8 Å². The van der Waals surface area contributed by atoms with Crippen molar-refractivity contribution in [2.45, 2.75) is 32.5 Å². The molecule has 1 N–H and O–H groups in total. The largest absolute Gasteiger partial charge is 0.481 e. The minimum atomic E-state index is -0.780. The van der Waals surface area contributed by atoms with E-state index >= 15 is 0 Å². The zero-order chi connectivity index (χ0) is 9.68. The predicted octanol–water partition coefficient (Wildman–Crippen LogP) is 1.25. The minimum Gasteiger partial charge on any atom is -0.481 e. The lowest BCUT2D eigenvalue weighted by atomic mass is 9.99. The third-order valence-electron chi connectivity index (χ3n) is 2.13. The van der Waals surface area contributed by atoms with Crippen LogP contribution in [0.4, 0.5) is 0 Å². The highest BCUT2D eigenvalue weighted by molar-refractivity contribution is 5.67. The van der Waals surface area contributed by atoms with Crippen LogP contribution in [0.5, 0.6) is 0 Å². The summed E-state index contributed by atoms with van der Waals surface area (Å²) in [6.07, 6.45) is 1.65. The Morgan fingerprint density at radius 3 is 2.62 bits per heavy atom. The van der Waals surface area contributed by atoms with Crippen molar-refractivity contribution in [3.63, 3.8) is 0 Å². The van der Waals surface area contributed by atoms with E-state index in [1.165, 1.54) is 0 Å². The summed E-state index contributed by atoms with van der Waals surface area (Å²) in [7, 11) is 0. The van der Waals surface area contributed by atoms with E-state index in [-0.39, 0.29) is 18.6 Å². The van der Waals surface area contributed by atoms with Gasteiger partial charge in [0.15, 0.2) is 6.29 Å². The molecule has 76 valence electrons. The van der Waals surface area contributed by atoms with E-state index in [1.807, 2.05) is 6.92 Å². The normalized spacial score (nSPS) is 20.4. The number of carbonyl (C=O) groups is 1. The second kappa shape index (κ2) is 5.19. The number of ether oxygens (including phenoxy) is 2. The molecule has 1 unspecified atom stereocenters. The average Bonchev–Trinajstić information content (AvgIpc) is 2.54. The molecule has 4 heteroatoms. The molecule has 1 heterocycles. The summed E-state index contributed by atoms with van der Waals surface area (Å²) in [4.78, 5) is 10.5. The van der Waals surface area contributed by atoms with Crippen LogP contribution < -0.4 is 0 Å². The molecule has 1 aliphatic heterocycles. The van der Waals surface area contributed by atoms with Gasteiger partial charge in [-0.1, -0.05) is 13.3 Å². The molecule has 1 aliphatic rings. The molecule has 0 amide bonds. The summed E-state index contributed by atoms with van der Waals surface area (Å²) >= 11 is 0. The van der Waals surface area contributed by atoms with Crippen LogP contribution in [0.1, 0.15) is 26.2 Å². The van der Waals surface area contributed by atoms with Crippen molar-refractivity contribution in [2.75, 3.05) is 13.2 Å². The van der Waals surface area contributed by atoms with Crippen LogP contribution in [0, 0.1) is 5.92 Å². The zero-order valence-corrected chi connectivity index (χ0v) is 7.86. The third kappa shape index (κ3) is 3.32. The van der Waals surface area contributed by atoms with Crippen molar-refractivity contribution < 1.29 is 19.4 Å². The standard InChI is InChI=1S/C9H16O4/c1-2-3-7(6-8(10)11)9-12-4-5-13-9/h7,9H,2-6H2,1H3,(H,10,11). The highest BCUT2D eigenvalue weighted by atomic mass is 16.7. The lowest BCUT2D eigenvalue weighted by Crippen LogP contribution is -2.24. The van der Waals surface area contributed by atoms with Gasteiger partial charge in [0, 0.05) is 5.92 Å². The fourth-order valence-electron chi connectivity index (χ4n) is 1.58. The SMILES string of the molecule is CCCC(CC(=O)O)C1OCCO1. The maximum absolute atomic E-state index is 10.5. The van der Waals surface area contributed by atoms with E-state index in [2.05, 4.69) is 0 Å². The van der Waals surface area contributed by atoms with Gasteiger partial charge in [-0.3, -0.25) is 4.79 Å². The Balaban J connectivity index is 2.39. The van der Waals surface area contributed by atoms with Gasteiger partial charge in [-0.2, -0.15) is 0 Å². The molecule has 0 aliphatic carbocycles. The van der Waals surface area contributed by atoms with Crippen molar-refractivity contribution in [1.29, 1.82) is 0 Å². The van der Waals surface area contributed by atoms with Crippen molar-refractivity contribution in [3.8, 4) is 0 Å². The first kappa shape index (κ1) is 10.5. The number of hydrogen-bond acceptors (Lipinski definition) is 3. The topological polar surface area (TPSA) is 55.8 Å².